The van der Waals surface area contributed by atoms with E-state index in [-0.39, 0.29) is 17.2 Å². The van der Waals surface area contributed by atoms with Gasteiger partial charge in [-0.1, -0.05) is 0 Å². The van der Waals surface area contributed by atoms with Gasteiger partial charge in [0.25, 0.3) is 0 Å². The second-order valence-corrected chi connectivity index (χ2v) is 5.60. The summed E-state index contributed by atoms with van der Waals surface area (Å²) in [5.74, 6) is -0.0451. The third-order valence-electron chi connectivity index (χ3n) is 2.07. The van der Waals surface area contributed by atoms with Gasteiger partial charge in [-0.15, -0.1) is 11.3 Å². The Hall–Kier alpha value is -0.550. The van der Waals surface area contributed by atoms with Crippen molar-refractivity contribution in [1.82, 2.24) is 10.3 Å². The summed E-state index contributed by atoms with van der Waals surface area (Å²) in [5.41, 5.74) is 0.997. The number of aromatic nitrogens is 1. The van der Waals surface area contributed by atoms with Gasteiger partial charge in [-0.05, 0) is 27.7 Å². The molecule has 3 nitrogen and oxygen atoms in total. The molecule has 0 aliphatic rings. The number of hydrogen-bond acceptors (Lipinski definition) is 4. The standard InChI is InChI=1S/C10H16N2OS2/c1-5-9(15-8(4)11-5)6(2)12-10(13)7(3)14/h6-7,14H,1-4H3,(H,12,13). The highest BCUT2D eigenvalue weighted by atomic mass is 32.1. The Labute approximate surface area is 99.7 Å². The molecule has 1 aromatic heterocycles. The summed E-state index contributed by atoms with van der Waals surface area (Å²) in [6.07, 6.45) is 0. The molecule has 5 heteroatoms. The molecule has 2 atom stereocenters. The molecule has 0 spiro atoms. The largest absolute Gasteiger partial charge is 0.348 e. The minimum atomic E-state index is -0.276. The van der Waals surface area contributed by atoms with Gasteiger partial charge in [0.1, 0.15) is 0 Å². The van der Waals surface area contributed by atoms with Gasteiger partial charge in [-0.2, -0.15) is 12.6 Å². The number of thiazole rings is 1. The van der Waals surface area contributed by atoms with E-state index in [1.165, 1.54) is 0 Å². The molecule has 1 amide bonds. The van der Waals surface area contributed by atoms with Crippen LogP contribution < -0.4 is 5.32 Å². The monoisotopic (exact) mass is 244 g/mol. The maximum atomic E-state index is 11.4. The highest BCUT2D eigenvalue weighted by Gasteiger charge is 2.16. The van der Waals surface area contributed by atoms with Crippen LogP contribution in [0.2, 0.25) is 0 Å². The van der Waals surface area contributed by atoms with Gasteiger partial charge >= 0.3 is 0 Å². The SMILES string of the molecule is Cc1nc(C)c(C(C)NC(=O)C(C)S)s1. The number of hydrogen-bond donors (Lipinski definition) is 2. The zero-order chi connectivity index (χ0) is 11.6. The highest BCUT2D eigenvalue weighted by Crippen LogP contribution is 2.24. The van der Waals surface area contributed by atoms with Crippen LogP contribution in [0.4, 0.5) is 0 Å². The lowest BCUT2D eigenvalue weighted by molar-refractivity contribution is -0.120. The normalized spacial score (nSPS) is 14.7. The van der Waals surface area contributed by atoms with Crippen molar-refractivity contribution in [2.24, 2.45) is 0 Å². The Balaban J connectivity index is 2.73. The van der Waals surface area contributed by atoms with Gasteiger partial charge in [-0.3, -0.25) is 4.79 Å². The third-order valence-corrected chi connectivity index (χ3v) is 3.56. The lowest BCUT2D eigenvalue weighted by Gasteiger charge is -2.14. The molecule has 1 rings (SSSR count). The van der Waals surface area contributed by atoms with E-state index < -0.39 is 0 Å². The van der Waals surface area contributed by atoms with E-state index in [0.717, 1.165) is 15.6 Å². The molecule has 0 aliphatic heterocycles. The summed E-state index contributed by atoms with van der Waals surface area (Å²) in [7, 11) is 0. The number of amides is 1. The average molecular weight is 244 g/mol. The first kappa shape index (κ1) is 12.5. The van der Waals surface area contributed by atoms with Crippen LogP contribution in [-0.2, 0) is 4.79 Å². The zero-order valence-electron chi connectivity index (χ0n) is 9.37. The van der Waals surface area contributed by atoms with Gasteiger partial charge in [0.2, 0.25) is 5.91 Å². The molecule has 0 aromatic carbocycles. The van der Waals surface area contributed by atoms with Crippen LogP contribution in [-0.4, -0.2) is 16.1 Å². The Kier molecular flexibility index (Phi) is 4.16. The molecule has 0 saturated carbocycles. The number of nitrogens with zero attached hydrogens (tertiary/aromatic N) is 1. The number of thiol groups is 1. The van der Waals surface area contributed by atoms with Crippen LogP contribution in [0.25, 0.3) is 0 Å². The molecular formula is C10H16N2OS2. The molecule has 0 radical (unpaired) electrons. The molecule has 0 saturated heterocycles. The van der Waals surface area contributed by atoms with Crippen molar-refractivity contribution < 1.29 is 4.79 Å². The van der Waals surface area contributed by atoms with E-state index >= 15 is 0 Å². The van der Waals surface area contributed by atoms with Gasteiger partial charge in [0.05, 0.1) is 22.0 Å². The quantitative estimate of drug-likeness (QED) is 0.801. The highest BCUT2D eigenvalue weighted by molar-refractivity contribution is 7.81. The van der Waals surface area contributed by atoms with Crippen molar-refractivity contribution in [2.45, 2.75) is 39.0 Å². The topological polar surface area (TPSA) is 42.0 Å². The van der Waals surface area contributed by atoms with E-state index in [9.17, 15) is 4.79 Å². The van der Waals surface area contributed by atoms with Crippen LogP contribution in [0.1, 0.15) is 35.5 Å². The number of rotatable bonds is 3. The minimum Gasteiger partial charge on any atom is -0.348 e. The van der Waals surface area contributed by atoms with E-state index in [4.69, 9.17) is 0 Å². The second-order valence-electron chi connectivity index (χ2n) is 3.59. The molecule has 15 heavy (non-hydrogen) atoms. The van der Waals surface area contributed by atoms with Gasteiger partial charge < -0.3 is 5.32 Å². The molecule has 0 fully saturated rings. The third kappa shape index (κ3) is 3.21. The lowest BCUT2D eigenvalue weighted by atomic mass is 10.2. The summed E-state index contributed by atoms with van der Waals surface area (Å²) in [6.45, 7) is 7.66. The van der Waals surface area contributed by atoms with E-state index in [1.807, 2.05) is 20.8 Å². The first-order valence-electron chi connectivity index (χ1n) is 4.84. The van der Waals surface area contributed by atoms with Crippen LogP contribution in [0, 0.1) is 13.8 Å². The summed E-state index contributed by atoms with van der Waals surface area (Å²) in [5, 5.41) is 3.66. The first-order chi connectivity index (χ1) is 6.91. The summed E-state index contributed by atoms with van der Waals surface area (Å²) >= 11 is 5.71. The van der Waals surface area contributed by atoms with Crippen molar-refractivity contribution in [2.75, 3.05) is 0 Å². The van der Waals surface area contributed by atoms with Crippen molar-refractivity contribution in [1.29, 1.82) is 0 Å². The van der Waals surface area contributed by atoms with Crippen LogP contribution in [0.5, 0.6) is 0 Å². The fourth-order valence-electron chi connectivity index (χ4n) is 1.35. The predicted molar refractivity (Wildman–Crippen MR) is 66.6 cm³/mol. The number of carbonyl (C=O) groups excluding carboxylic acids is 1. The van der Waals surface area contributed by atoms with Gasteiger partial charge in [0, 0.05) is 4.88 Å². The Bertz CT molecular complexity index is 360. The van der Waals surface area contributed by atoms with Gasteiger partial charge in [-0.25, -0.2) is 4.98 Å². The number of carbonyl (C=O) groups is 1. The molecule has 0 bridgehead atoms. The maximum absolute atomic E-state index is 11.4. The van der Waals surface area contributed by atoms with E-state index in [1.54, 1.807) is 18.3 Å². The predicted octanol–water partition coefficient (Wildman–Crippen LogP) is 2.26. The Morgan fingerprint density at radius 3 is 2.47 bits per heavy atom. The van der Waals surface area contributed by atoms with Gasteiger partial charge in [0.15, 0.2) is 0 Å². The summed E-state index contributed by atoms with van der Waals surface area (Å²) in [4.78, 5) is 16.9. The minimum absolute atomic E-state index is 0.0123. The molecule has 1 heterocycles. The van der Waals surface area contributed by atoms with Crippen molar-refractivity contribution >= 4 is 29.9 Å². The fraction of sp³-hybridized carbons (Fsp3) is 0.600. The molecule has 84 valence electrons. The Morgan fingerprint density at radius 1 is 1.47 bits per heavy atom. The molecule has 1 N–H and O–H groups in total. The molecule has 2 unspecified atom stereocenters. The second kappa shape index (κ2) is 4.99. The number of aryl methyl sites for hydroxylation is 2. The van der Waals surface area contributed by atoms with Crippen molar-refractivity contribution in [3.05, 3.63) is 15.6 Å². The van der Waals surface area contributed by atoms with E-state index in [0.29, 0.717) is 0 Å². The zero-order valence-corrected chi connectivity index (χ0v) is 11.1. The number of nitrogens with one attached hydrogen (secondary N) is 1. The van der Waals surface area contributed by atoms with Crippen molar-refractivity contribution in [3.8, 4) is 0 Å². The smallest absolute Gasteiger partial charge is 0.233 e. The van der Waals surface area contributed by atoms with Crippen LogP contribution >= 0.6 is 24.0 Å². The fourth-order valence-corrected chi connectivity index (χ4v) is 2.35. The van der Waals surface area contributed by atoms with Crippen LogP contribution in [0.15, 0.2) is 0 Å². The Morgan fingerprint density at radius 2 is 2.07 bits per heavy atom. The molecular weight excluding hydrogens is 228 g/mol. The molecule has 0 aliphatic carbocycles. The molecule has 1 aromatic rings. The first-order valence-corrected chi connectivity index (χ1v) is 6.17. The lowest BCUT2D eigenvalue weighted by Crippen LogP contribution is -2.31. The summed E-state index contributed by atoms with van der Waals surface area (Å²) in [6, 6.07) is 0.0123. The summed E-state index contributed by atoms with van der Waals surface area (Å²) < 4.78 is 0. The average Bonchev–Trinajstić information content (AvgIpc) is 2.44. The maximum Gasteiger partial charge on any atom is 0.233 e. The van der Waals surface area contributed by atoms with Crippen molar-refractivity contribution in [3.63, 3.8) is 0 Å². The van der Waals surface area contributed by atoms with E-state index in [2.05, 4.69) is 22.9 Å². The van der Waals surface area contributed by atoms with Crippen LogP contribution in [0.3, 0.4) is 0 Å².